The maximum absolute atomic E-state index is 14.0. The molecule has 2 bridgehead atoms. The van der Waals surface area contributed by atoms with Crippen LogP contribution < -0.4 is 15.4 Å². The third kappa shape index (κ3) is 5.18. The summed E-state index contributed by atoms with van der Waals surface area (Å²) in [5.74, 6) is -1.24. The quantitative estimate of drug-likeness (QED) is 0.349. The van der Waals surface area contributed by atoms with Gasteiger partial charge in [0.05, 0.1) is 31.2 Å². The molecule has 3 fully saturated rings. The van der Waals surface area contributed by atoms with Gasteiger partial charge in [0, 0.05) is 30.9 Å². The Kier molecular flexibility index (Phi) is 8.01. The number of rotatable bonds is 10. The Morgan fingerprint density at radius 2 is 2.00 bits per heavy atom. The van der Waals surface area contributed by atoms with E-state index in [-0.39, 0.29) is 29.9 Å². The molecule has 0 aromatic heterocycles. The van der Waals surface area contributed by atoms with Gasteiger partial charge in [0.1, 0.15) is 17.4 Å². The van der Waals surface area contributed by atoms with E-state index < -0.39 is 29.6 Å². The number of carbonyl (C=O) groups excluding carboxylic acids is 3. The molecule has 1 saturated carbocycles. The van der Waals surface area contributed by atoms with Gasteiger partial charge < -0.3 is 29.7 Å². The molecule has 1 aliphatic carbocycles. The Labute approximate surface area is 230 Å². The normalized spacial score (nSPS) is 32.9. The third-order valence-electron chi connectivity index (χ3n) is 8.70. The van der Waals surface area contributed by atoms with Crippen molar-refractivity contribution in [2.24, 2.45) is 17.8 Å². The Morgan fingerprint density at radius 3 is 2.74 bits per heavy atom. The summed E-state index contributed by atoms with van der Waals surface area (Å²) >= 11 is 0. The van der Waals surface area contributed by atoms with E-state index in [1.807, 2.05) is 26.0 Å². The molecule has 9 nitrogen and oxygen atoms in total. The van der Waals surface area contributed by atoms with Crippen LogP contribution in [0.3, 0.4) is 0 Å². The average molecular weight is 540 g/mol. The smallest absolute Gasteiger partial charge is 0.246 e. The first-order valence-corrected chi connectivity index (χ1v) is 14.3. The van der Waals surface area contributed by atoms with Gasteiger partial charge in [0.15, 0.2) is 0 Å². The molecule has 1 spiro atoms. The minimum Gasteiger partial charge on any atom is -0.497 e. The van der Waals surface area contributed by atoms with E-state index in [0.29, 0.717) is 36.9 Å². The SMILES string of the molecule is COc1cccc(NC(=O)[C@@H]2[C@@H]3C=C[C@]4(O3)[C@@H]2C(=O)N(CCCOC(C)C)[C@H]4C(=O)N[C@H]2CCCC[C@@H]2C)c1. The number of anilines is 1. The maximum atomic E-state index is 14.0. The highest BCUT2D eigenvalue weighted by molar-refractivity contribution is 6.02. The molecule has 3 aliphatic heterocycles. The summed E-state index contributed by atoms with van der Waals surface area (Å²) in [4.78, 5) is 43.2. The van der Waals surface area contributed by atoms with Crippen molar-refractivity contribution in [3.8, 4) is 5.75 Å². The minimum absolute atomic E-state index is 0.0673. The lowest BCUT2D eigenvalue weighted by Crippen LogP contribution is -2.57. The van der Waals surface area contributed by atoms with Crippen LogP contribution in [-0.4, -0.2) is 72.8 Å². The molecule has 2 saturated heterocycles. The van der Waals surface area contributed by atoms with Crippen molar-refractivity contribution in [2.75, 3.05) is 25.6 Å². The Bertz CT molecular complexity index is 1120. The summed E-state index contributed by atoms with van der Waals surface area (Å²) in [5.41, 5.74) is -0.590. The van der Waals surface area contributed by atoms with E-state index in [4.69, 9.17) is 14.2 Å². The number of amides is 3. The molecule has 1 aromatic carbocycles. The summed E-state index contributed by atoms with van der Waals surface area (Å²) in [6.07, 6.45) is 8.04. The molecule has 4 aliphatic rings. The topological polar surface area (TPSA) is 106 Å². The summed E-state index contributed by atoms with van der Waals surface area (Å²) in [5, 5.41) is 6.21. The molecule has 2 N–H and O–H groups in total. The van der Waals surface area contributed by atoms with Gasteiger partial charge in [-0.05, 0) is 51.2 Å². The molecule has 3 heterocycles. The third-order valence-corrected chi connectivity index (χ3v) is 8.70. The van der Waals surface area contributed by atoms with Crippen molar-refractivity contribution in [2.45, 2.75) is 82.8 Å². The van der Waals surface area contributed by atoms with Gasteiger partial charge in [-0.25, -0.2) is 0 Å². The van der Waals surface area contributed by atoms with Crippen LogP contribution in [0.1, 0.15) is 52.9 Å². The monoisotopic (exact) mass is 539 g/mol. The average Bonchev–Trinajstić information content (AvgIpc) is 3.55. The summed E-state index contributed by atoms with van der Waals surface area (Å²) in [7, 11) is 1.57. The molecule has 39 heavy (non-hydrogen) atoms. The van der Waals surface area contributed by atoms with Gasteiger partial charge in [-0.3, -0.25) is 14.4 Å². The number of nitrogens with one attached hydrogen (secondary N) is 2. The van der Waals surface area contributed by atoms with E-state index in [9.17, 15) is 14.4 Å². The molecule has 0 unspecified atom stereocenters. The lowest BCUT2D eigenvalue weighted by molar-refractivity contribution is -0.141. The van der Waals surface area contributed by atoms with Crippen LogP contribution in [0.2, 0.25) is 0 Å². The van der Waals surface area contributed by atoms with Crippen molar-refractivity contribution in [3.63, 3.8) is 0 Å². The number of likely N-dealkylation sites (tertiary alicyclic amines) is 1. The molecule has 9 heteroatoms. The molecule has 7 atom stereocenters. The van der Waals surface area contributed by atoms with Gasteiger partial charge in [-0.15, -0.1) is 0 Å². The van der Waals surface area contributed by atoms with Crippen LogP contribution in [0.4, 0.5) is 5.69 Å². The van der Waals surface area contributed by atoms with Crippen molar-refractivity contribution in [1.82, 2.24) is 10.2 Å². The fourth-order valence-corrected chi connectivity index (χ4v) is 6.78. The largest absolute Gasteiger partial charge is 0.497 e. The van der Waals surface area contributed by atoms with E-state index >= 15 is 0 Å². The standard InChI is InChI=1S/C30H41N3O6/c1-18(2)38-16-8-15-33-26(28(35)32-22-12-6-5-9-19(22)3)30-14-13-23(39-30)24(25(30)29(33)36)27(34)31-20-10-7-11-21(17-20)37-4/h7,10-11,13-14,17-19,22-26H,5-6,8-9,12,15-16H2,1-4H3,(H,31,34)(H,32,35)/t19-,22-,23-,24+,25-,26-,30-/m0/s1. The van der Waals surface area contributed by atoms with Gasteiger partial charge in [-0.1, -0.05) is 38.0 Å². The summed E-state index contributed by atoms with van der Waals surface area (Å²) < 4.78 is 17.4. The van der Waals surface area contributed by atoms with Gasteiger partial charge in [0.2, 0.25) is 17.7 Å². The number of methoxy groups -OCH3 is 1. The van der Waals surface area contributed by atoms with Crippen LogP contribution in [0.25, 0.3) is 0 Å². The molecule has 0 radical (unpaired) electrons. The Hall–Kier alpha value is -2.91. The van der Waals surface area contributed by atoms with Gasteiger partial charge in [0.25, 0.3) is 0 Å². The second-order valence-corrected chi connectivity index (χ2v) is 11.6. The lowest BCUT2D eigenvalue weighted by Gasteiger charge is -2.36. The van der Waals surface area contributed by atoms with Crippen LogP contribution >= 0.6 is 0 Å². The zero-order valence-corrected chi connectivity index (χ0v) is 23.4. The van der Waals surface area contributed by atoms with E-state index in [1.165, 1.54) is 6.42 Å². The molecular weight excluding hydrogens is 498 g/mol. The Morgan fingerprint density at radius 1 is 1.21 bits per heavy atom. The molecule has 212 valence electrons. The summed E-state index contributed by atoms with van der Waals surface area (Å²) in [6, 6.07) is 6.33. The number of hydrogen-bond donors (Lipinski definition) is 2. The predicted octanol–water partition coefficient (Wildman–Crippen LogP) is 3.29. The number of carbonyl (C=O) groups is 3. The van der Waals surface area contributed by atoms with E-state index in [0.717, 1.165) is 19.3 Å². The molecular formula is C30H41N3O6. The second-order valence-electron chi connectivity index (χ2n) is 11.6. The highest BCUT2D eigenvalue weighted by Gasteiger charge is 2.72. The van der Waals surface area contributed by atoms with Crippen LogP contribution in [-0.2, 0) is 23.9 Å². The fraction of sp³-hybridized carbons (Fsp3) is 0.633. The Balaban J connectivity index is 1.40. The van der Waals surface area contributed by atoms with Crippen molar-refractivity contribution >= 4 is 23.4 Å². The van der Waals surface area contributed by atoms with Gasteiger partial charge in [-0.2, -0.15) is 0 Å². The first-order chi connectivity index (χ1) is 18.7. The fourth-order valence-electron chi connectivity index (χ4n) is 6.78. The number of hydrogen-bond acceptors (Lipinski definition) is 6. The zero-order chi connectivity index (χ0) is 27.7. The van der Waals surface area contributed by atoms with Gasteiger partial charge >= 0.3 is 0 Å². The highest BCUT2D eigenvalue weighted by atomic mass is 16.5. The first-order valence-electron chi connectivity index (χ1n) is 14.3. The molecule has 5 rings (SSSR count). The van der Waals surface area contributed by atoms with Crippen LogP contribution in [0.15, 0.2) is 36.4 Å². The minimum atomic E-state index is -1.17. The van der Waals surface area contributed by atoms with Crippen molar-refractivity contribution in [1.29, 1.82) is 0 Å². The zero-order valence-electron chi connectivity index (χ0n) is 23.4. The van der Waals surface area contributed by atoms with Crippen LogP contribution in [0, 0.1) is 17.8 Å². The number of ether oxygens (including phenoxy) is 3. The number of fused-ring (bicyclic) bond motifs is 1. The number of benzene rings is 1. The highest BCUT2D eigenvalue weighted by Crippen LogP contribution is 2.55. The molecule has 1 aromatic rings. The van der Waals surface area contributed by atoms with E-state index in [2.05, 4.69) is 17.6 Å². The maximum Gasteiger partial charge on any atom is 0.246 e. The second kappa shape index (κ2) is 11.3. The van der Waals surface area contributed by atoms with Crippen LogP contribution in [0.5, 0.6) is 5.75 Å². The van der Waals surface area contributed by atoms with Crippen molar-refractivity contribution in [3.05, 3.63) is 36.4 Å². The predicted molar refractivity (Wildman–Crippen MR) is 146 cm³/mol. The molecule has 3 amide bonds. The van der Waals surface area contributed by atoms with E-state index in [1.54, 1.807) is 36.3 Å². The van der Waals surface area contributed by atoms with Crippen molar-refractivity contribution < 1.29 is 28.6 Å². The number of nitrogens with zero attached hydrogens (tertiary/aromatic N) is 1. The first kappa shape index (κ1) is 27.6. The summed E-state index contributed by atoms with van der Waals surface area (Å²) in [6.45, 7) is 6.94. The lowest BCUT2D eigenvalue weighted by atomic mass is 9.74.